The summed E-state index contributed by atoms with van der Waals surface area (Å²) in [7, 11) is 0. The summed E-state index contributed by atoms with van der Waals surface area (Å²) >= 11 is 0. The zero-order chi connectivity index (χ0) is 17.0. The lowest BCUT2D eigenvalue weighted by atomic mass is 9.82. The fourth-order valence-electron chi connectivity index (χ4n) is 3.43. The third-order valence-electron chi connectivity index (χ3n) is 4.84. The highest BCUT2D eigenvalue weighted by Crippen LogP contribution is 2.33. The van der Waals surface area contributed by atoms with Crippen molar-refractivity contribution < 1.29 is 14.4 Å². The van der Waals surface area contributed by atoms with E-state index in [0.29, 0.717) is 18.8 Å². The second-order valence-corrected chi connectivity index (χ2v) is 7.40. The van der Waals surface area contributed by atoms with Gasteiger partial charge in [-0.1, -0.05) is 33.1 Å². The minimum absolute atomic E-state index is 0.0503. The molecule has 2 N–H and O–H groups in total. The Morgan fingerprint density at radius 2 is 1.83 bits per heavy atom. The number of hydrogen-bond donors (Lipinski definition) is 2. The van der Waals surface area contributed by atoms with Gasteiger partial charge in [-0.25, -0.2) is 4.79 Å². The van der Waals surface area contributed by atoms with Crippen LogP contribution in [-0.2, 0) is 9.59 Å². The van der Waals surface area contributed by atoms with E-state index in [1.54, 1.807) is 0 Å². The van der Waals surface area contributed by atoms with Crippen molar-refractivity contribution in [1.29, 1.82) is 0 Å². The van der Waals surface area contributed by atoms with Crippen LogP contribution in [0.1, 0.15) is 65.7 Å². The Bertz CT molecular complexity index is 470. The average Bonchev–Trinajstić information content (AvgIpc) is 2.70. The van der Waals surface area contributed by atoms with Crippen molar-refractivity contribution in [2.45, 2.75) is 77.3 Å². The molecule has 0 aromatic heterocycles. The van der Waals surface area contributed by atoms with Gasteiger partial charge in [-0.05, 0) is 38.5 Å². The molecule has 1 heterocycles. The highest BCUT2D eigenvalue weighted by molar-refractivity contribution is 6.09. The van der Waals surface area contributed by atoms with E-state index in [4.69, 9.17) is 0 Å². The fraction of sp³-hybridized carbons (Fsp3) is 0.824. The maximum absolute atomic E-state index is 12.6. The number of nitrogens with one attached hydrogen (secondary N) is 2. The molecule has 1 atom stereocenters. The molecule has 2 fully saturated rings. The first-order valence-corrected chi connectivity index (χ1v) is 8.77. The fourth-order valence-corrected chi connectivity index (χ4v) is 3.43. The summed E-state index contributed by atoms with van der Waals surface area (Å²) < 4.78 is 0. The number of carbonyl (C=O) groups is 3. The molecule has 6 nitrogen and oxygen atoms in total. The number of rotatable bonds is 6. The molecule has 1 saturated carbocycles. The van der Waals surface area contributed by atoms with E-state index in [0.717, 1.165) is 37.0 Å². The standard InChI is InChI=1S/C17H29N3O3/c1-12(2)7-8-13(3)18-14(21)11-20-15(22)17(19-16(20)23)9-5-4-6-10-17/h12-13H,4-11H2,1-3H3,(H,18,21)(H,19,23). The van der Waals surface area contributed by atoms with Crippen LogP contribution in [0.2, 0.25) is 0 Å². The van der Waals surface area contributed by atoms with Crippen LogP contribution in [0, 0.1) is 5.92 Å². The smallest absolute Gasteiger partial charge is 0.325 e. The second-order valence-electron chi connectivity index (χ2n) is 7.40. The van der Waals surface area contributed by atoms with Crippen molar-refractivity contribution in [3.8, 4) is 0 Å². The first-order valence-electron chi connectivity index (χ1n) is 8.77. The summed E-state index contributed by atoms with van der Waals surface area (Å²) in [6.45, 7) is 6.06. The summed E-state index contributed by atoms with van der Waals surface area (Å²) in [5.74, 6) is 0.0937. The van der Waals surface area contributed by atoms with Crippen LogP contribution in [0.25, 0.3) is 0 Å². The Kier molecular flexibility index (Phi) is 5.65. The van der Waals surface area contributed by atoms with Crippen molar-refractivity contribution >= 4 is 17.8 Å². The van der Waals surface area contributed by atoms with Crippen LogP contribution in [0.4, 0.5) is 4.79 Å². The van der Waals surface area contributed by atoms with Crippen molar-refractivity contribution in [2.24, 2.45) is 5.92 Å². The Hall–Kier alpha value is -1.59. The molecule has 2 rings (SSSR count). The van der Waals surface area contributed by atoms with E-state index in [9.17, 15) is 14.4 Å². The predicted molar refractivity (Wildman–Crippen MR) is 87.7 cm³/mol. The maximum Gasteiger partial charge on any atom is 0.325 e. The molecule has 1 unspecified atom stereocenters. The van der Waals surface area contributed by atoms with Gasteiger partial charge in [0.15, 0.2) is 0 Å². The maximum atomic E-state index is 12.6. The van der Waals surface area contributed by atoms with Gasteiger partial charge in [-0.3, -0.25) is 14.5 Å². The van der Waals surface area contributed by atoms with E-state index in [1.807, 2.05) is 6.92 Å². The topological polar surface area (TPSA) is 78.5 Å². The van der Waals surface area contributed by atoms with Crippen LogP contribution >= 0.6 is 0 Å². The number of urea groups is 1. The summed E-state index contributed by atoms with van der Waals surface area (Å²) in [4.78, 5) is 37.9. The molecule has 1 aliphatic heterocycles. The Labute approximate surface area is 138 Å². The Morgan fingerprint density at radius 1 is 1.17 bits per heavy atom. The zero-order valence-electron chi connectivity index (χ0n) is 14.5. The summed E-state index contributed by atoms with van der Waals surface area (Å²) in [5, 5.41) is 5.71. The molecule has 0 bridgehead atoms. The quantitative estimate of drug-likeness (QED) is 0.735. The molecule has 130 valence electrons. The van der Waals surface area contributed by atoms with Crippen LogP contribution in [0.3, 0.4) is 0 Å². The highest BCUT2D eigenvalue weighted by Gasteiger charge is 2.51. The molecule has 4 amide bonds. The Balaban J connectivity index is 1.88. The monoisotopic (exact) mass is 323 g/mol. The summed E-state index contributed by atoms with van der Waals surface area (Å²) in [6, 6.07) is -0.379. The molecule has 0 aromatic rings. The second kappa shape index (κ2) is 7.32. The van der Waals surface area contributed by atoms with Gasteiger partial charge >= 0.3 is 6.03 Å². The molecule has 6 heteroatoms. The predicted octanol–water partition coefficient (Wildman–Crippen LogP) is 2.18. The number of hydrogen-bond acceptors (Lipinski definition) is 3. The number of imide groups is 1. The summed E-state index contributed by atoms with van der Waals surface area (Å²) in [6.07, 6.45) is 6.28. The normalized spacial score (nSPS) is 21.7. The lowest BCUT2D eigenvalue weighted by Crippen LogP contribution is -2.49. The van der Waals surface area contributed by atoms with Crippen LogP contribution in [0.15, 0.2) is 0 Å². The number of nitrogens with zero attached hydrogens (tertiary/aromatic N) is 1. The van der Waals surface area contributed by atoms with Crippen LogP contribution < -0.4 is 10.6 Å². The molecule has 1 aliphatic carbocycles. The largest absolute Gasteiger partial charge is 0.352 e. The van der Waals surface area contributed by atoms with E-state index in [1.165, 1.54) is 0 Å². The van der Waals surface area contributed by atoms with E-state index < -0.39 is 11.6 Å². The van der Waals surface area contributed by atoms with E-state index in [-0.39, 0.29) is 24.4 Å². The third-order valence-corrected chi connectivity index (χ3v) is 4.84. The SMILES string of the molecule is CC(C)CCC(C)NC(=O)CN1C(=O)NC2(CCCCC2)C1=O. The molecule has 1 spiro atoms. The number of carbonyl (C=O) groups excluding carboxylic acids is 3. The van der Waals surface area contributed by atoms with E-state index >= 15 is 0 Å². The van der Waals surface area contributed by atoms with Gasteiger partial charge in [0.1, 0.15) is 12.1 Å². The van der Waals surface area contributed by atoms with Crippen molar-refractivity contribution in [3.05, 3.63) is 0 Å². The van der Waals surface area contributed by atoms with E-state index in [2.05, 4.69) is 24.5 Å². The molecule has 1 saturated heterocycles. The molecule has 0 aromatic carbocycles. The molecule has 0 radical (unpaired) electrons. The van der Waals surface area contributed by atoms with Crippen molar-refractivity contribution in [1.82, 2.24) is 15.5 Å². The first kappa shape index (κ1) is 17.8. The first-order chi connectivity index (χ1) is 10.8. The minimum Gasteiger partial charge on any atom is -0.352 e. The minimum atomic E-state index is -0.751. The zero-order valence-corrected chi connectivity index (χ0v) is 14.5. The van der Waals surface area contributed by atoms with Crippen LogP contribution in [-0.4, -0.2) is 40.9 Å². The van der Waals surface area contributed by atoms with Crippen molar-refractivity contribution in [2.75, 3.05) is 6.54 Å². The van der Waals surface area contributed by atoms with Gasteiger partial charge < -0.3 is 10.6 Å². The average molecular weight is 323 g/mol. The van der Waals surface area contributed by atoms with Gasteiger partial charge in [0.05, 0.1) is 0 Å². The van der Waals surface area contributed by atoms with Gasteiger partial charge in [0.2, 0.25) is 5.91 Å². The molecule has 23 heavy (non-hydrogen) atoms. The highest BCUT2D eigenvalue weighted by atomic mass is 16.2. The summed E-state index contributed by atoms with van der Waals surface area (Å²) in [5.41, 5.74) is -0.751. The van der Waals surface area contributed by atoms with Gasteiger partial charge in [-0.15, -0.1) is 0 Å². The Morgan fingerprint density at radius 3 is 2.43 bits per heavy atom. The van der Waals surface area contributed by atoms with Gasteiger partial charge in [0, 0.05) is 6.04 Å². The molecule has 2 aliphatic rings. The lowest BCUT2D eigenvalue weighted by Gasteiger charge is -2.30. The molecular weight excluding hydrogens is 294 g/mol. The van der Waals surface area contributed by atoms with Gasteiger partial charge in [-0.2, -0.15) is 0 Å². The number of amides is 4. The third kappa shape index (κ3) is 4.24. The molecular formula is C17H29N3O3. The van der Waals surface area contributed by atoms with Crippen LogP contribution in [0.5, 0.6) is 0 Å². The lowest BCUT2D eigenvalue weighted by molar-refractivity contribution is -0.136. The van der Waals surface area contributed by atoms with Crippen molar-refractivity contribution in [3.63, 3.8) is 0 Å². The van der Waals surface area contributed by atoms with Gasteiger partial charge in [0.25, 0.3) is 5.91 Å².